The Morgan fingerprint density at radius 2 is 2.09 bits per heavy atom. The zero-order chi connectivity index (χ0) is 8.65. The van der Waals surface area contributed by atoms with Crippen LogP contribution in [0.15, 0.2) is 0 Å². The van der Waals surface area contributed by atoms with Crippen LogP contribution in [-0.2, 0) is 4.79 Å². The van der Waals surface area contributed by atoms with Crippen molar-refractivity contribution in [1.29, 1.82) is 0 Å². The minimum atomic E-state index is -0.813. The number of aliphatic hydroxyl groups is 1. The lowest BCUT2D eigenvalue weighted by atomic mass is 10.2. The summed E-state index contributed by atoms with van der Waals surface area (Å²) in [5, 5.41) is 17.9. The lowest BCUT2D eigenvalue weighted by Crippen LogP contribution is -2.48. The molecule has 4 heteroatoms. The van der Waals surface area contributed by atoms with Gasteiger partial charge in [0.05, 0.1) is 14.1 Å². The summed E-state index contributed by atoms with van der Waals surface area (Å²) in [4.78, 5) is 10.6. The maximum atomic E-state index is 10.6. The molecular formula is C7H14NO3+. The van der Waals surface area contributed by atoms with Crippen molar-refractivity contribution in [2.24, 2.45) is 0 Å². The molecular weight excluding hydrogens is 146 g/mol. The summed E-state index contributed by atoms with van der Waals surface area (Å²) in [5.41, 5.74) is 0. The fraction of sp³-hybridized carbons (Fsp3) is 0.857. The van der Waals surface area contributed by atoms with Crippen LogP contribution in [0, 0.1) is 0 Å². The fourth-order valence-corrected chi connectivity index (χ4v) is 1.69. The first kappa shape index (κ1) is 8.49. The molecule has 0 bridgehead atoms. The molecule has 2 N–H and O–H groups in total. The van der Waals surface area contributed by atoms with Crippen LogP contribution in [0.5, 0.6) is 0 Å². The molecule has 11 heavy (non-hydrogen) atoms. The average molecular weight is 160 g/mol. The molecule has 0 amide bonds. The Labute approximate surface area is 65.6 Å². The quantitative estimate of drug-likeness (QED) is 0.498. The normalized spacial score (nSPS) is 35.5. The number of rotatable bonds is 1. The number of carbonyl (C=O) groups is 1. The van der Waals surface area contributed by atoms with Crippen LogP contribution in [0.4, 0.5) is 0 Å². The maximum absolute atomic E-state index is 10.6. The Morgan fingerprint density at radius 1 is 1.55 bits per heavy atom. The third-order valence-corrected chi connectivity index (χ3v) is 2.31. The molecule has 0 spiro atoms. The van der Waals surface area contributed by atoms with Gasteiger partial charge < -0.3 is 14.7 Å². The fourth-order valence-electron chi connectivity index (χ4n) is 1.69. The second kappa shape index (κ2) is 2.46. The number of likely N-dealkylation sites (tertiary alicyclic amines) is 1. The van der Waals surface area contributed by atoms with E-state index in [0.29, 0.717) is 17.4 Å². The molecule has 1 aliphatic rings. The summed E-state index contributed by atoms with van der Waals surface area (Å²) >= 11 is 0. The van der Waals surface area contributed by atoms with Crippen molar-refractivity contribution in [3.8, 4) is 0 Å². The number of nitrogens with zero attached hydrogens (tertiary/aromatic N) is 1. The topological polar surface area (TPSA) is 57.5 Å². The van der Waals surface area contributed by atoms with Gasteiger partial charge in [-0.3, -0.25) is 0 Å². The van der Waals surface area contributed by atoms with Gasteiger partial charge in [0.15, 0.2) is 6.04 Å². The Morgan fingerprint density at radius 3 is 2.27 bits per heavy atom. The number of hydrogen-bond acceptors (Lipinski definition) is 2. The minimum Gasteiger partial charge on any atom is -0.477 e. The number of carboxylic acid groups (broad SMARTS) is 1. The van der Waals surface area contributed by atoms with E-state index in [4.69, 9.17) is 5.11 Å². The number of quaternary nitrogens is 1. The average Bonchev–Trinajstić information content (AvgIpc) is 2.04. The summed E-state index contributed by atoms with van der Waals surface area (Å²) in [6.45, 7) is 0.539. The summed E-state index contributed by atoms with van der Waals surface area (Å²) in [6.07, 6.45) is -0.0754. The molecule has 1 fully saturated rings. The van der Waals surface area contributed by atoms with Crippen molar-refractivity contribution in [2.75, 3.05) is 20.6 Å². The van der Waals surface area contributed by atoms with E-state index in [1.807, 2.05) is 14.1 Å². The summed E-state index contributed by atoms with van der Waals surface area (Å²) in [6, 6.07) is -0.440. The monoisotopic (exact) mass is 160 g/mol. The van der Waals surface area contributed by atoms with Gasteiger partial charge in [0.1, 0.15) is 12.6 Å². The highest BCUT2D eigenvalue weighted by molar-refractivity contribution is 5.72. The van der Waals surface area contributed by atoms with Gasteiger partial charge in [-0.25, -0.2) is 4.79 Å². The lowest BCUT2D eigenvalue weighted by Gasteiger charge is -2.28. The Balaban J connectivity index is 2.74. The zero-order valence-corrected chi connectivity index (χ0v) is 6.82. The van der Waals surface area contributed by atoms with Crippen LogP contribution in [0.1, 0.15) is 6.42 Å². The number of aliphatic hydroxyl groups excluding tert-OH is 1. The molecule has 0 saturated carbocycles. The lowest BCUT2D eigenvalue weighted by molar-refractivity contribution is -0.895. The second-order valence-electron chi connectivity index (χ2n) is 3.70. The third-order valence-electron chi connectivity index (χ3n) is 2.31. The molecule has 0 unspecified atom stereocenters. The molecule has 4 nitrogen and oxygen atoms in total. The van der Waals surface area contributed by atoms with E-state index in [2.05, 4.69) is 0 Å². The van der Waals surface area contributed by atoms with Crippen molar-refractivity contribution < 1.29 is 19.5 Å². The molecule has 0 radical (unpaired) electrons. The van der Waals surface area contributed by atoms with Gasteiger partial charge in [-0.1, -0.05) is 0 Å². The number of carboxylic acids is 1. The Bertz CT molecular complexity index is 179. The predicted octanol–water partition coefficient (Wildman–Crippen LogP) is -0.719. The first-order valence-corrected chi connectivity index (χ1v) is 3.67. The van der Waals surface area contributed by atoms with Crippen LogP contribution in [0.25, 0.3) is 0 Å². The van der Waals surface area contributed by atoms with Crippen LogP contribution in [0.2, 0.25) is 0 Å². The van der Waals surface area contributed by atoms with Crippen LogP contribution in [0.3, 0.4) is 0 Å². The van der Waals surface area contributed by atoms with Crippen molar-refractivity contribution in [2.45, 2.75) is 18.6 Å². The highest BCUT2D eigenvalue weighted by Crippen LogP contribution is 2.22. The van der Waals surface area contributed by atoms with E-state index < -0.39 is 18.1 Å². The van der Waals surface area contributed by atoms with E-state index in [1.54, 1.807) is 0 Å². The second-order valence-corrected chi connectivity index (χ2v) is 3.70. The molecule has 1 aliphatic heterocycles. The molecule has 0 aromatic rings. The molecule has 0 aromatic carbocycles. The molecule has 64 valence electrons. The van der Waals surface area contributed by atoms with Gasteiger partial charge in [0, 0.05) is 6.42 Å². The molecule has 0 aromatic heterocycles. The number of hydrogen-bond donors (Lipinski definition) is 2. The van der Waals surface area contributed by atoms with E-state index in [9.17, 15) is 9.90 Å². The van der Waals surface area contributed by atoms with Gasteiger partial charge in [-0.15, -0.1) is 0 Å². The van der Waals surface area contributed by atoms with Crippen molar-refractivity contribution in [1.82, 2.24) is 0 Å². The minimum absolute atomic E-state index is 0.377. The van der Waals surface area contributed by atoms with Crippen LogP contribution >= 0.6 is 0 Å². The molecule has 1 saturated heterocycles. The van der Waals surface area contributed by atoms with Gasteiger partial charge in [-0.2, -0.15) is 0 Å². The maximum Gasteiger partial charge on any atom is 0.362 e. The van der Waals surface area contributed by atoms with Crippen molar-refractivity contribution in [3.05, 3.63) is 0 Å². The predicted molar refractivity (Wildman–Crippen MR) is 39.0 cm³/mol. The highest BCUT2D eigenvalue weighted by Gasteiger charge is 2.44. The first-order chi connectivity index (χ1) is 4.93. The van der Waals surface area contributed by atoms with Gasteiger partial charge in [0.25, 0.3) is 0 Å². The summed E-state index contributed by atoms with van der Waals surface area (Å²) in [5.74, 6) is -0.813. The molecule has 2 atom stereocenters. The van der Waals surface area contributed by atoms with Crippen LogP contribution in [-0.4, -0.2) is 53.5 Å². The largest absolute Gasteiger partial charge is 0.477 e. The highest BCUT2D eigenvalue weighted by atomic mass is 16.4. The number of likely N-dealkylation sites (N-methyl/N-ethyl adjacent to an activating group) is 1. The van der Waals surface area contributed by atoms with Gasteiger partial charge in [-0.05, 0) is 0 Å². The van der Waals surface area contributed by atoms with Crippen molar-refractivity contribution >= 4 is 5.97 Å². The number of aliphatic carboxylic acids is 1. The van der Waals surface area contributed by atoms with E-state index >= 15 is 0 Å². The van der Waals surface area contributed by atoms with E-state index in [0.717, 1.165) is 0 Å². The standard InChI is InChI=1S/C7H13NO3/c1-8(2)4-5(9)3-6(8)7(10)11/h5-6,9H,3-4H2,1-2H3/p+1/t5-,6-/m0/s1. The van der Waals surface area contributed by atoms with E-state index in [1.165, 1.54) is 0 Å². The zero-order valence-electron chi connectivity index (χ0n) is 6.82. The summed E-state index contributed by atoms with van der Waals surface area (Å²) in [7, 11) is 3.66. The summed E-state index contributed by atoms with van der Waals surface area (Å²) < 4.78 is 0.385. The Hall–Kier alpha value is -0.610. The van der Waals surface area contributed by atoms with Crippen molar-refractivity contribution in [3.63, 3.8) is 0 Å². The first-order valence-electron chi connectivity index (χ1n) is 3.67. The molecule has 1 rings (SSSR count). The Kier molecular flexibility index (Phi) is 1.90. The van der Waals surface area contributed by atoms with Crippen LogP contribution < -0.4 is 0 Å². The van der Waals surface area contributed by atoms with Gasteiger partial charge >= 0.3 is 5.97 Å². The molecule has 0 aliphatic carbocycles. The molecule has 1 heterocycles. The van der Waals surface area contributed by atoms with Gasteiger partial charge in [0.2, 0.25) is 0 Å². The third kappa shape index (κ3) is 1.52. The van der Waals surface area contributed by atoms with E-state index in [-0.39, 0.29) is 0 Å². The SMILES string of the molecule is C[N+]1(C)C[C@@H](O)C[C@H]1C(=O)O. The smallest absolute Gasteiger partial charge is 0.362 e.